The van der Waals surface area contributed by atoms with Crippen LogP contribution in [0.4, 0.5) is 0 Å². The van der Waals surface area contributed by atoms with Gasteiger partial charge in [-0.3, -0.25) is 9.69 Å². The van der Waals surface area contributed by atoms with E-state index >= 15 is 0 Å². The van der Waals surface area contributed by atoms with Crippen LogP contribution in [0, 0.1) is 0 Å². The summed E-state index contributed by atoms with van der Waals surface area (Å²) in [6, 6.07) is 11.2. The molecule has 1 aromatic heterocycles. The summed E-state index contributed by atoms with van der Waals surface area (Å²) >= 11 is 14.6. The summed E-state index contributed by atoms with van der Waals surface area (Å²) in [6.07, 6.45) is 4.73. The molecular weight excluding hydrogens is 394 g/mol. The summed E-state index contributed by atoms with van der Waals surface area (Å²) in [4.78, 5) is 14.8. The van der Waals surface area contributed by atoms with Crippen molar-refractivity contribution >= 4 is 63.6 Å². The zero-order chi connectivity index (χ0) is 17.8. The second-order valence-corrected chi connectivity index (χ2v) is 8.43. The Kier molecular flexibility index (Phi) is 6.28. The molecule has 1 saturated heterocycles. The fourth-order valence-corrected chi connectivity index (χ4v) is 4.36. The number of rotatable bonds is 6. The summed E-state index contributed by atoms with van der Waals surface area (Å²) in [6.45, 7) is 0.659. The van der Waals surface area contributed by atoms with Gasteiger partial charge in [0.1, 0.15) is 15.8 Å². The maximum absolute atomic E-state index is 12.5. The predicted octanol–water partition coefficient (Wildman–Crippen LogP) is 5.55. The molecule has 0 unspecified atom stereocenters. The monoisotopic (exact) mass is 409 g/mol. The first-order chi connectivity index (χ1) is 12.1. The Labute approximate surface area is 165 Å². The van der Waals surface area contributed by atoms with Crippen molar-refractivity contribution in [1.29, 1.82) is 0 Å². The quantitative estimate of drug-likeness (QED) is 0.354. The average molecular weight is 410 g/mol. The molecule has 1 aliphatic rings. The van der Waals surface area contributed by atoms with Crippen LogP contribution >= 0.6 is 47.3 Å². The molecule has 1 aliphatic heterocycles. The van der Waals surface area contributed by atoms with Gasteiger partial charge in [0.05, 0.1) is 9.93 Å². The van der Waals surface area contributed by atoms with E-state index in [2.05, 4.69) is 6.26 Å². The molecular formula is C18H16ClNO2S3. The van der Waals surface area contributed by atoms with Crippen LogP contribution in [0.3, 0.4) is 0 Å². The molecule has 3 rings (SSSR count). The van der Waals surface area contributed by atoms with Crippen molar-refractivity contribution in [3.05, 3.63) is 52.1 Å². The Morgan fingerprint density at radius 1 is 1.32 bits per heavy atom. The number of benzene rings is 1. The first kappa shape index (κ1) is 18.6. The molecule has 130 valence electrons. The molecule has 3 nitrogen and oxygen atoms in total. The van der Waals surface area contributed by atoms with Crippen LogP contribution < -0.4 is 0 Å². The molecule has 7 heteroatoms. The maximum atomic E-state index is 12.5. The minimum atomic E-state index is -0.0493. The van der Waals surface area contributed by atoms with Crippen molar-refractivity contribution in [1.82, 2.24) is 4.90 Å². The first-order valence-electron chi connectivity index (χ1n) is 7.69. The Balaban J connectivity index is 1.77. The number of hydrogen-bond acceptors (Lipinski definition) is 5. The van der Waals surface area contributed by atoms with Gasteiger partial charge in [0, 0.05) is 18.2 Å². The number of thioether (sulfide) groups is 2. The van der Waals surface area contributed by atoms with Gasteiger partial charge in [-0.25, -0.2) is 0 Å². The van der Waals surface area contributed by atoms with Gasteiger partial charge in [0.15, 0.2) is 0 Å². The highest BCUT2D eigenvalue weighted by atomic mass is 35.5. The molecule has 1 fully saturated rings. The fourth-order valence-electron chi connectivity index (χ4n) is 2.43. The number of thiocarbonyl (C=S) groups is 1. The summed E-state index contributed by atoms with van der Waals surface area (Å²) in [5.41, 5.74) is 0.827. The molecule has 0 aliphatic carbocycles. The standard InChI is InChI=1S/C18H16ClNO2S3/c1-24-10-4-9-20-17(21)16(25-18(20)23)11-12-7-8-15(22-12)13-5-2-3-6-14(13)19/h2-3,5-8,11H,4,9-10H2,1H3/b16-11+. The van der Waals surface area contributed by atoms with E-state index in [0.717, 1.165) is 17.7 Å². The summed E-state index contributed by atoms with van der Waals surface area (Å²) in [7, 11) is 0. The number of hydrogen-bond donors (Lipinski definition) is 0. The highest BCUT2D eigenvalue weighted by Gasteiger charge is 2.31. The van der Waals surface area contributed by atoms with Gasteiger partial charge in [-0.15, -0.1) is 0 Å². The van der Waals surface area contributed by atoms with Crippen molar-refractivity contribution in [2.75, 3.05) is 18.6 Å². The number of furan rings is 1. The lowest BCUT2D eigenvalue weighted by molar-refractivity contribution is -0.122. The maximum Gasteiger partial charge on any atom is 0.266 e. The van der Waals surface area contributed by atoms with Gasteiger partial charge < -0.3 is 4.42 Å². The summed E-state index contributed by atoms with van der Waals surface area (Å²) in [5.74, 6) is 2.24. The highest BCUT2D eigenvalue weighted by Crippen LogP contribution is 2.34. The number of amides is 1. The average Bonchev–Trinajstić information content (AvgIpc) is 3.15. The van der Waals surface area contributed by atoms with Crippen LogP contribution in [0.15, 0.2) is 45.7 Å². The normalized spacial score (nSPS) is 16.2. The molecule has 1 aromatic carbocycles. The van der Waals surface area contributed by atoms with Crippen LogP contribution in [0.25, 0.3) is 17.4 Å². The topological polar surface area (TPSA) is 33.5 Å². The number of carbonyl (C=O) groups is 1. The number of carbonyl (C=O) groups excluding carboxylic acids is 1. The van der Waals surface area contributed by atoms with E-state index in [9.17, 15) is 4.79 Å². The van der Waals surface area contributed by atoms with Crippen LogP contribution in [-0.2, 0) is 4.79 Å². The van der Waals surface area contributed by atoms with Crippen molar-refractivity contribution in [3.8, 4) is 11.3 Å². The SMILES string of the molecule is CSCCCN1C(=O)/C(=C\c2ccc(-c3ccccc3Cl)o2)SC1=S. The molecule has 1 amide bonds. The smallest absolute Gasteiger partial charge is 0.266 e. The van der Waals surface area contributed by atoms with Gasteiger partial charge in [-0.05, 0) is 42.7 Å². The molecule has 0 bridgehead atoms. The minimum Gasteiger partial charge on any atom is -0.457 e. The molecule has 2 heterocycles. The molecule has 0 spiro atoms. The number of nitrogens with zero attached hydrogens (tertiary/aromatic N) is 1. The molecule has 2 aromatic rings. The lowest BCUT2D eigenvalue weighted by Crippen LogP contribution is -2.29. The van der Waals surface area contributed by atoms with Crippen molar-refractivity contribution in [3.63, 3.8) is 0 Å². The van der Waals surface area contributed by atoms with Crippen molar-refractivity contribution in [2.45, 2.75) is 6.42 Å². The molecule has 0 saturated carbocycles. The van der Waals surface area contributed by atoms with Gasteiger partial charge in [-0.2, -0.15) is 11.8 Å². The van der Waals surface area contributed by atoms with Gasteiger partial charge in [0.25, 0.3) is 5.91 Å². The second-order valence-electron chi connectivity index (χ2n) is 5.36. The third kappa shape index (κ3) is 4.31. The van der Waals surface area contributed by atoms with Gasteiger partial charge in [0.2, 0.25) is 0 Å². The molecule has 25 heavy (non-hydrogen) atoms. The number of halogens is 1. The first-order valence-corrected chi connectivity index (χ1v) is 10.7. The third-order valence-electron chi connectivity index (χ3n) is 3.64. The Hall–Kier alpha value is -1.21. The van der Waals surface area contributed by atoms with E-state index in [-0.39, 0.29) is 5.91 Å². The van der Waals surface area contributed by atoms with E-state index in [1.54, 1.807) is 22.7 Å². The predicted molar refractivity (Wildman–Crippen MR) is 112 cm³/mol. The molecule has 0 atom stereocenters. The molecule has 0 radical (unpaired) electrons. The van der Waals surface area contributed by atoms with E-state index in [0.29, 0.717) is 32.3 Å². The summed E-state index contributed by atoms with van der Waals surface area (Å²) in [5, 5.41) is 0.628. The van der Waals surface area contributed by atoms with Gasteiger partial charge in [-0.1, -0.05) is 47.7 Å². The van der Waals surface area contributed by atoms with E-state index < -0.39 is 0 Å². The summed E-state index contributed by atoms with van der Waals surface area (Å²) < 4.78 is 6.44. The molecule has 0 N–H and O–H groups in total. The zero-order valence-corrected chi connectivity index (χ0v) is 16.7. The van der Waals surface area contributed by atoms with Crippen LogP contribution in [0.5, 0.6) is 0 Å². The Bertz CT molecular complexity index is 831. The van der Waals surface area contributed by atoms with E-state index in [1.165, 1.54) is 11.8 Å². The second kappa shape index (κ2) is 8.45. The fraction of sp³-hybridized carbons (Fsp3) is 0.222. The lowest BCUT2D eigenvalue weighted by Gasteiger charge is -2.13. The Morgan fingerprint density at radius 2 is 2.12 bits per heavy atom. The third-order valence-corrected chi connectivity index (χ3v) is 6.05. The van der Waals surface area contributed by atoms with E-state index in [1.807, 2.05) is 36.4 Å². The lowest BCUT2D eigenvalue weighted by atomic mass is 10.2. The van der Waals surface area contributed by atoms with Crippen LogP contribution in [0.1, 0.15) is 12.2 Å². The van der Waals surface area contributed by atoms with Crippen molar-refractivity contribution in [2.24, 2.45) is 0 Å². The van der Waals surface area contributed by atoms with Crippen LogP contribution in [-0.4, -0.2) is 33.7 Å². The van der Waals surface area contributed by atoms with Gasteiger partial charge >= 0.3 is 0 Å². The highest BCUT2D eigenvalue weighted by molar-refractivity contribution is 8.26. The Morgan fingerprint density at radius 3 is 2.88 bits per heavy atom. The van der Waals surface area contributed by atoms with Crippen molar-refractivity contribution < 1.29 is 9.21 Å². The largest absolute Gasteiger partial charge is 0.457 e. The van der Waals surface area contributed by atoms with E-state index in [4.69, 9.17) is 28.2 Å². The van der Waals surface area contributed by atoms with Crippen LogP contribution in [0.2, 0.25) is 5.02 Å². The zero-order valence-electron chi connectivity index (χ0n) is 13.5. The minimum absolute atomic E-state index is 0.0493.